The highest BCUT2D eigenvalue weighted by atomic mass is 32.2. The molecule has 0 unspecified atom stereocenters. The maximum Gasteiger partial charge on any atom is 0.251 e. The van der Waals surface area contributed by atoms with Gasteiger partial charge in [0.2, 0.25) is 15.9 Å². The van der Waals surface area contributed by atoms with E-state index >= 15 is 0 Å². The van der Waals surface area contributed by atoms with Gasteiger partial charge in [0.05, 0.1) is 12.3 Å². The molecule has 3 rings (SSSR count). The monoisotopic (exact) mass is 430 g/mol. The van der Waals surface area contributed by atoms with Gasteiger partial charge in [-0.05, 0) is 54.8 Å². The number of benzene rings is 2. The second-order valence-electron chi connectivity index (χ2n) is 6.99. The molecule has 8 nitrogen and oxygen atoms in total. The Labute approximate surface area is 176 Å². The Balaban J connectivity index is 1.61. The lowest BCUT2D eigenvalue weighted by atomic mass is 9.99. The third-order valence-corrected chi connectivity index (χ3v) is 6.91. The topological polar surface area (TPSA) is 108 Å². The van der Waals surface area contributed by atoms with Gasteiger partial charge in [0.25, 0.3) is 5.91 Å². The highest BCUT2D eigenvalue weighted by Crippen LogP contribution is 2.27. The molecule has 0 bridgehead atoms. The summed E-state index contributed by atoms with van der Waals surface area (Å²) in [6.07, 6.45) is 0.598. The molecule has 0 fully saturated rings. The number of hydrogen-bond acceptors (Lipinski definition) is 5. The molecule has 2 amide bonds. The van der Waals surface area contributed by atoms with E-state index in [9.17, 15) is 18.0 Å². The first-order valence-corrected chi connectivity index (χ1v) is 11.4. The molecule has 0 atom stereocenters. The summed E-state index contributed by atoms with van der Waals surface area (Å²) in [7, 11) is -1.66. The molecular weight excluding hydrogens is 404 g/mol. The Bertz CT molecular complexity index is 1040. The van der Waals surface area contributed by atoms with Gasteiger partial charge in [-0.15, -0.1) is 0 Å². The smallest absolute Gasteiger partial charge is 0.251 e. The van der Waals surface area contributed by atoms with Crippen molar-refractivity contribution in [2.24, 2.45) is 0 Å². The Kier molecular flexibility index (Phi) is 6.73. The van der Waals surface area contributed by atoms with Gasteiger partial charge in [0, 0.05) is 37.1 Å². The number of amides is 2. The highest BCUT2D eigenvalue weighted by molar-refractivity contribution is 7.89. The summed E-state index contributed by atoms with van der Waals surface area (Å²) in [4.78, 5) is 23.9. The minimum absolute atomic E-state index is 0.0740. The van der Waals surface area contributed by atoms with Crippen molar-refractivity contribution in [3.05, 3.63) is 59.2 Å². The first-order chi connectivity index (χ1) is 14.3. The Morgan fingerprint density at radius 2 is 1.83 bits per heavy atom. The Morgan fingerprint density at radius 3 is 2.50 bits per heavy atom. The van der Waals surface area contributed by atoms with E-state index in [0.29, 0.717) is 30.8 Å². The SMILES string of the molecule is CCS(=O)(=O)N1CCc2c(cccc2NCC(=O)Nc2ccc(C(=O)NC)cc2)C1. The minimum Gasteiger partial charge on any atom is -0.376 e. The normalized spacial score (nSPS) is 13.9. The number of carbonyl (C=O) groups is 2. The standard InChI is InChI=1S/C21H26N4O4S/c1-3-30(28,29)25-12-11-18-16(14-25)5-4-6-19(18)23-13-20(26)24-17-9-7-15(8-10-17)21(27)22-2/h4-10,23H,3,11-14H2,1-2H3,(H,22,27)(H,24,26). The lowest BCUT2D eigenvalue weighted by molar-refractivity contribution is -0.114. The van der Waals surface area contributed by atoms with Crippen molar-refractivity contribution in [2.45, 2.75) is 19.9 Å². The zero-order valence-electron chi connectivity index (χ0n) is 17.1. The fourth-order valence-corrected chi connectivity index (χ4v) is 4.47. The van der Waals surface area contributed by atoms with Gasteiger partial charge in [-0.1, -0.05) is 12.1 Å². The van der Waals surface area contributed by atoms with Crippen molar-refractivity contribution >= 4 is 33.2 Å². The Morgan fingerprint density at radius 1 is 1.10 bits per heavy atom. The van der Waals surface area contributed by atoms with Crippen LogP contribution in [0.2, 0.25) is 0 Å². The van der Waals surface area contributed by atoms with E-state index in [1.807, 2.05) is 18.2 Å². The first kappa shape index (κ1) is 21.8. The molecule has 0 aromatic heterocycles. The molecule has 2 aromatic rings. The molecule has 0 radical (unpaired) electrons. The van der Waals surface area contributed by atoms with Crippen molar-refractivity contribution in [1.82, 2.24) is 9.62 Å². The van der Waals surface area contributed by atoms with Crippen molar-refractivity contribution < 1.29 is 18.0 Å². The van der Waals surface area contributed by atoms with Gasteiger partial charge < -0.3 is 16.0 Å². The zero-order chi connectivity index (χ0) is 21.7. The fourth-order valence-electron chi connectivity index (χ4n) is 3.40. The summed E-state index contributed by atoms with van der Waals surface area (Å²) in [6, 6.07) is 12.3. The molecule has 0 saturated carbocycles. The van der Waals surface area contributed by atoms with Crippen LogP contribution in [0.1, 0.15) is 28.4 Å². The third-order valence-electron chi connectivity index (χ3n) is 5.09. The average Bonchev–Trinajstić information content (AvgIpc) is 2.77. The van der Waals surface area contributed by atoms with Crippen LogP contribution in [0.5, 0.6) is 0 Å². The molecule has 30 heavy (non-hydrogen) atoms. The molecule has 1 aliphatic heterocycles. The summed E-state index contributed by atoms with van der Waals surface area (Å²) >= 11 is 0. The molecule has 1 aliphatic rings. The molecule has 3 N–H and O–H groups in total. The van der Waals surface area contributed by atoms with Gasteiger partial charge in [-0.25, -0.2) is 8.42 Å². The number of rotatable bonds is 7. The zero-order valence-corrected chi connectivity index (χ0v) is 17.9. The minimum atomic E-state index is -3.22. The molecular formula is C21H26N4O4S. The second kappa shape index (κ2) is 9.27. The van der Waals surface area contributed by atoms with E-state index in [-0.39, 0.29) is 24.1 Å². The highest BCUT2D eigenvalue weighted by Gasteiger charge is 2.26. The van der Waals surface area contributed by atoms with Crippen LogP contribution in [0, 0.1) is 0 Å². The summed E-state index contributed by atoms with van der Waals surface area (Å²) in [5.74, 6) is -0.315. The van der Waals surface area contributed by atoms with Gasteiger partial charge in [-0.2, -0.15) is 4.31 Å². The lowest BCUT2D eigenvalue weighted by Gasteiger charge is -2.29. The third kappa shape index (κ3) is 4.98. The number of anilines is 2. The van der Waals surface area contributed by atoms with E-state index in [1.54, 1.807) is 38.2 Å². The van der Waals surface area contributed by atoms with E-state index in [0.717, 1.165) is 16.8 Å². The number of fused-ring (bicyclic) bond motifs is 1. The summed E-state index contributed by atoms with van der Waals surface area (Å²) in [5.41, 5.74) is 3.95. The number of sulfonamides is 1. The Hall–Kier alpha value is -2.91. The summed E-state index contributed by atoms with van der Waals surface area (Å²) in [6.45, 7) is 2.51. The number of nitrogens with zero attached hydrogens (tertiary/aromatic N) is 1. The van der Waals surface area contributed by atoms with Crippen molar-refractivity contribution in [1.29, 1.82) is 0 Å². The predicted molar refractivity (Wildman–Crippen MR) is 117 cm³/mol. The van der Waals surface area contributed by atoms with Crippen LogP contribution >= 0.6 is 0 Å². The first-order valence-electron chi connectivity index (χ1n) is 9.78. The number of nitrogens with one attached hydrogen (secondary N) is 3. The largest absolute Gasteiger partial charge is 0.376 e. The predicted octanol–water partition coefficient (Wildman–Crippen LogP) is 1.80. The van der Waals surface area contributed by atoms with Crippen LogP contribution in [0.4, 0.5) is 11.4 Å². The maximum absolute atomic E-state index is 12.3. The molecule has 0 saturated heterocycles. The van der Waals surface area contributed by atoms with Crippen molar-refractivity contribution in [3.63, 3.8) is 0 Å². The van der Waals surface area contributed by atoms with Crippen LogP contribution < -0.4 is 16.0 Å². The van der Waals surface area contributed by atoms with Crippen molar-refractivity contribution in [3.8, 4) is 0 Å². The van der Waals surface area contributed by atoms with E-state index < -0.39 is 10.0 Å². The summed E-state index contributed by atoms with van der Waals surface area (Å²) in [5, 5.41) is 8.49. The molecule has 0 aliphatic carbocycles. The second-order valence-corrected chi connectivity index (χ2v) is 9.24. The average molecular weight is 431 g/mol. The fraction of sp³-hybridized carbons (Fsp3) is 0.333. The quantitative estimate of drug-likeness (QED) is 0.621. The van der Waals surface area contributed by atoms with Crippen LogP contribution in [0.3, 0.4) is 0 Å². The number of hydrogen-bond donors (Lipinski definition) is 3. The lowest BCUT2D eigenvalue weighted by Crippen LogP contribution is -2.37. The molecule has 9 heteroatoms. The van der Waals surface area contributed by atoms with E-state index in [1.165, 1.54) is 4.31 Å². The van der Waals surface area contributed by atoms with Crippen LogP contribution in [-0.4, -0.2) is 50.4 Å². The summed E-state index contributed by atoms with van der Waals surface area (Å²) < 4.78 is 25.8. The molecule has 0 spiro atoms. The van der Waals surface area contributed by atoms with Gasteiger partial charge >= 0.3 is 0 Å². The van der Waals surface area contributed by atoms with Gasteiger partial charge in [-0.3, -0.25) is 9.59 Å². The molecule has 1 heterocycles. The van der Waals surface area contributed by atoms with Crippen LogP contribution in [0.15, 0.2) is 42.5 Å². The molecule has 160 valence electrons. The van der Waals surface area contributed by atoms with E-state index in [4.69, 9.17) is 0 Å². The van der Waals surface area contributed by atoms with Gasteiger partial charge in [0.15, 0.2) is 0 Å². The van der Waals surface area contributed by atoms with Gasteiger partial charge in [0.1, 0.15) is 0 Å². The molecule has 2 aromatic carbocycles. The maximum atomic E-state index is 12.3. The van der Waals surface area contributed by atoms with Crippen LogP contribution in [-0.2, 0) is 27.8 Å². The van der Waals surface area contributed by atoms with E-state index in [2.05, 4.69) is 16.0 Å². The van der Waals surface area contributed by atoms with Crippen LogP contribution in [0.25, 0.3) is 0 Å². The van der Waals surface area contributed by atoms with Crippen molar-refractivity contribution in [2.75, 3.05) is 36.5 Å². The number of carbonyl (C=O) groups excluding carboxylic acids is 2.